The van der Waals surface area contributed by atoms with Crippen molar-refractivity contribution in [2.75, 3.05) is 18.4 Å². The standard InChI is InChI=1S/C23H22ClF3N4O3/c24-17-5-1-15(2-6-17)14-28-20(32)19-13-22(34-30-19)9-11-31(12-10-22)21(33)29-18-7-3-16(4-8-18)23(25,26)27/h1-8,13,30H,9-12,14H2,(H,28,32)(H,29,33). The number of carbonyl (C=O) groups is 2. The van der Waals surface area contributed by atoms with Crippen LogP contribution in [0.3, 0.4) is 0 Å². The van der Waals surface area contributed by atoms with Crippen molar-refractivity contribution in [3.05, 3.63) is 76.5 Å². The van der Waals surface area contributed by atoms with Crippen LogP contribution in [0, 0.1) is 0 Å². The van der Waals surface area contributed by atoms with Gasteiger partial charge in [-0.25, -0.2) is 4.79 Å². The smallest absolute Gasteiger partial charge is 0.347 e. The van der Waals surface area contributed by atoms with Crippen molar-refractivity contribution in [2.45, 2.75) is 31.2 Å². The zero-order chi connectivity index (χ0) is 24.3. The maximum absolute atomic E-state index is 12.7. The number of hydrogen-bond donors (Lipinski definition) is 3. The quantitative estimate of drug-likeness (QED) is 0.586. The largest absolute Gasteiger partial charge is 0.416 e. The first kappa shape index (κ1) is 23.9. The average molecular weight is 495 g/mol. The summed E-state index contributed by atoms with van der Waals surface area (Å²) in [4.78, 5) is 32.2. The highest BCUT2D eigenvalue weighted by molar-refractivity contribution is 6.30. The summed E-state index contributed by atoms with van der Waals surface area (Å²) in [6.07, 6.45) is -1.80. The van der Waals surface area contributed by atoms with Gasteiger partial charge < -0.3 is 15.5 Å². The molecule has 4 rings (SSSR count). The van der Waals surface area contributed by atoms with Gasteiger partial charge in [0.1, 0.15) is 11.3 Å². The predicted octanol–water partition coefficient (Wildman–Crippen LogP) is 4.46. The molecule has 2 heterocycles. The Morgan fingerprint density at radius 1 is 1.06 bits per heavy atom. The van der Waals surface area contributed by atoms with Crippen molar-refractivity contribution in [2.24, 2.45) is 0 Å². The van der Waals surface area contributed by atoms with Gasteiger partial charge in [-0.2, -0.15) is 13.2 Å². The molecule has 180 valence electrons. The van der Waals surface area contributed by atoms with E-state index < -0.39 is 23.4 Å². The zero-order valence-corrected chi connectivity index (χ0v) is 18.7. The summed E-state index contributed by atoms with van der Waals surface area (Å²) in [6.45, 7) is 1.04. The Morgan fingerprint density at radius 2 is 1.71 bits per heavy atom. The number of nitrogens with one attached hydrogen (secondary N) is 3. The van der Waals surface area contributed by atoms with Crippen molar-refractivity contribution in [1.29, 1.82) is 0 Å². The highest BCUT2D eigenvalue weighted by Gasteiger charge is 2.41. The van der Waals surface area contributed by atoms with Crippen LogP contribution in [-0.2, 0) is 22.4 Å². The van der Waals surface area contributed by atoms with Gasteiger partial charge in [-0.1, -0.05) is 23.7 Å². The minimum Gasteiger partial charge on any atom is -0.347 e. The fraction of sp³-hybridized carbons (Fsp3) is 0.304. The van der Waals surface area contributed by atoms with E-state index in [9.17, 15) is 22.8 Å². The van der Waals surface area contributed by atoms with E-state index in [0.29, 0.717) is 43.2 Å². The minimum atomic E-state index is -4.43. The number of hydrogen-bond acceptors (Lipinski definition) is 4. The highest BCUT2D eigenvalue weighted by atomic mass is 35.5. The monoisotopic (exact) mass is 494 g/mol. The van der Waals surface area contributed by atoms with Gasteiger partial charge in [0.05, 0.1) is 5.56 Å². The molecule has 2 aromatic carbocycles. The Bertz CT molecular complexity index is 1080. The lowest BCUT2D eigenvalue weighted by Crippen LogP contribution is -2.48. The van der Waals surface area contributed by atoms with Crippen LogP contribution in [-0.4, -0.2) is 35.5 Å². The fourth-order valence-corrected chi connectivity index (χ4v) is 3.88. The molecule has 7 nitrogen and oxygen atoms in total. The molecule has 2 aliphatic heterocycles. The van der Waals surface area contributed by atoms with Crippen molar-refractivity contribution < 1.29 is 27.6 Å². The number of rotatable bonds is 4. The summed E-state index contributed by atoms with van der Waals surface area (Å²) < 4.78 is 38.0. The number of benzene rings is 2. The molecule has 1 fully saturated rings. The first-order valence-corrected chi connectivity index (χ1v) is 10.9. The van der Waals surface area contributed by atoms with E-state index in [1.54, 1.807) is 23.1 Å². The summed E-state index contributed by atoms with van der Waals surface area (Å²) in [5.41, 5.74) is 2.67. The van der Waals surface area contributed by atoms with E-state index in [1.807, 2.05) is 12.1 Å². The summed E-state index contributed by atoms with van der Waals surface area (Å²) in [5.74, 6) is -0.311. The second-order valence-corrected chi connectivity index (χ2v) is 8.56. The van der Waals surface area contributed by atoms with Crippen molar-refractivity contribution >= 4 is 29.2 Å². The van der Waals surface area contributed by atoms with Gasteiger partial charge in [0, 0.05) is 43.2 Å². The first-order valence-electron chi connectivity index (χ1n) is 10.6. The summed E-state index contributed by atoms with van der Waals surface area (Å²) in [6, 6.07) is 11.0. The van der Waals surface area contributed by atoms with Crippen LogP contribution in [0.5, 0.6) is 0 Å². The molecule has 0 radical (unpaired) electrons. The number of piperidine rings is 1. The van der Waals surface area contributed by atoms with Gasteiger partial charge in [-0.15, -0.1) is 0 Å². The van der Waals surface area contributed by atoms with Crippen LogP contribution in [0.4, 0.5) is 23.7 Å². The number of anilines is 1. The van der Waals surface area contributed by atoms with E-state index in [2.05, 4.69) is 16.1 Å². The predicted molar refractivity (Wildman–Crippen MR) is 120 cm³/mol. The summed E-state index contributed by atoms with van der Waals surface area (Å²) in [5, 5.41) is 6.04. The average Bonchev–Trinajstić information content (AvgIpc) is 3.22. The van der Waals surface area contributed by atoms with Crippen molar-refractivity contribution in [1.82, 2.24) is 15.7 Å². The van der Waals surface area contributed by atoms with Crippen LogP contribution in [0.2, 0.25) is 5.02 Å². The van der Waals surface area contributed by atoms with Crippen LogP contribution >= 0.6 is 11.6 Å². The Labute approximate surface area is 198 Å². The molecular formula is C23H22ClF3N4O3. The number of amides is 3. The Kier molecular flexibility index (Phi) is 6.72. The normalized spacial score (nSPS) is 17.2. The lowest BCUT2D eigenvalue weighted by Gasteiger charge is -2.36. The van der Waals surface area contributed by atoms with Crippen LogP contribution in [0.1, 0.15) is 24.0 Å². The van der Waals surface area contributed by atoms with Gasteiger partial charge in [0.25, 0.3) is 5.91 Å². The number of urea groups is 1. The van der Waals surface area contributed by atoms with Crippen molar-refractivity contribution in [3.63, 3.8) is 0 Å². The van der Waals surface area contributed by atoms with E-state index in [4.69, 9.17) is 16.4 Å². The third kappa shape index (κ3) is 5.63. The number of nitrogens with zero attached hydrogens (tertiary/aromatic N) is 1. The minimum absolute atomic E-state index is 0.275. The molecule has 3 amide bonds. The molecule has 34 heavy (non-hydrogen) atoms. The topological polar surface area (TPSA) is 82.7 Å². The highest BCUT2D eigenvalue weighted by Crippen LogP contribution is 2.33. The molecule has 0 atom stereocenters. The van der Waals surface area contributed by atoms with Crippen LogP contribution in [0.25, 0.3) is 0 Å². The molecule has 2 aromatic rings. The number of hydroxylamine groups is 1. The third-order valence-electron chi connectivity index (χ3n) is 5.74. The molecule has 0 aliphatic carbocycles. The van der Waals surface area contributed by atoms with E-state index in [-0.39, 0.29) is 11.6 Å². The first-order chi connectivity index (χ1) is 16.1. The van der Waals surface area contributed by atoms with Gasteiger partial charge in [-0.05, 0) is 48.0 Å². The SMILES string of the molecule is O=C(NCc1ccc(Cl)cc1)C1=CC2(CCN(C(=O)Nc3ccc(C(F)(F)F)cc3)CC2)ON1. The molecule has 0 saturated carbocycles. The molecule has 2 aliphatic rings. The van der Waals surface area contributed by atoms with E-state index >= 15 is 0 Å². The molecule has 3 N–H and O–H groups in total. The second kappa shape index (κ2) is 9.55. The van der Waals surface area contributed by atoms with Gasteiger partial charge in [-0.3, -0.25) is 15.1 Å². The molecule has 0 unspecified atom stereocenters. The molecule has 0 bridgehead atoms. The molecule has 1 saturated heterocycles. The van der Waals surface area contributed by atoms with Crippen LogP contribution in [0.15, 0.2) is 60.3 Å². The molecule has 0 aromatic heterocycles. The third-order valence-corrected chi connectivity index (χ3v) is 6.00. The maximum atomic E-state index is 12.7. The summed E-state index contributed by atoms with van der Waals surface area (Å²) >= 11 is 5.86. The Hall–Kier alpha value is -3.24. The van der Waals surface area contributed by atoms with Crippen molar-refractivity contribution in [3.8, 4) is 0 Å². The number of likely N-dealkylation sites (tertiary alicyclic amines) is 1. The van der Waals surface area contributed by atoms with Gasteiger partial charge in [0.15, 0.2) is 0 Å². The van der Waals surface area contributed by atoms with Gasteiger partial charge >= 0.3 is 12.2 Å². The second-order valence-electron chi connectivity index (χ2n) is 8.13. The lowest BCUT2D eigenvalue weighted by atomic mass is 9.91. The lowest BCUT2D eigenvalue weighted by molar-refractivity contribution is -0.137. The number of carbonyl (C=O) groups excluding carboxylic acids is 2. The number of alkyl halides is 3. The van der Waals surface area contributed by atoms with Gasteiger partial charge in [0.2, 0.25) is 0 Å². The Morgan fingerprint density at radius 3 is 2.32 bits per heavy atom. The Balaban J connectivity index is 1.28. The number of halogens is 4. The van der Waals surface area contributed by atoms with E-state index in [1.165, 1.54) is 12.1 Å². The van der Waals surface area contributed by atoms with E-state index in [0.717, 1.165) is 17.7 Å². The fourth-order valence-electron chi connectivity index (χ4n) is 3.75. The van der Waals surface area contributed by atoms with Crippen LogP contribution < -0.4 is 16.1 Å². The molecule has 1 spiro atoms. The molecule has 11 heteroatoms. The zero-order valence-electron chi connectivity index (χ0n) is 17.9. The maximum Gasteiger partial charge on any atom is 0.416 e. The molecular weight excluding hydrogens is 473 g/mol. The summed E-state index contributed by atoms with van der Waals surface area (Å²) in [7, 11) is 0.